The molecule has 0 bridgehead atoms. The summed E-state index contributed by atoms with van der Waals surface area (Å²) in [4.78, 5) is 13.3. The Labute approximate surface area is 87.1 Å². The van der Waals surface area contributed by atoms with Gasteiger partial charge in [0.2, 0.25) is 5.91 Å². The zero-order chi connectivity index (χ0) is 10.6. The Morgan fingerprint density at radius 1 is 1.31 bits per heavy atom. The van der Waals surface area contributed by atoms with Crippen LogP contribution in [0.3, 0.4) is 0 Å². The summed E-state index contributed by atoms with van der Waals surface area (Å²) < 4.78 is 0. The first kappa shape index (κ1) is 12.8. The standard InChI is InChI=1S/C10H21NOS/c1-7(2)6-8(3)11(5)10(12)9(4)13/h7-9,13H,6H2,1-5H3. The Bertz CT molecular complexity index is 168. The normalized spacial score (nSPS) is 15.6. The van der Waals surface area contributed by atoms with Gasteiger partial charge in [0.05, 0.1) is 5.25 Å². The van der Waals surface area contributed by atoms with E-state index in [1.54, 1.807) is 4.90 Å². The van der Waals surface area contributed by atoms with Gasteiger partial charge in [0.25, 0.3) is 0 Å². The van der Waals surface area contributed by atoms with Gasteiger partial charge in [-0.1, -0.05) is 13.8 Å². The third-order valence-electron chi connectivity index (χ3n) is 2.18. The molecular weight excluding hydrogens is 182 g/mol. The fraction of sp³-hybridized carbons (Fsp3) is 0.900. The lowest BCUT2D eigenvalue weighted by Gasteiger charge is -2.27. The van der Waals surface area contributed by atoms with Gasteiger partial charge in [-0.05, 0) is 26.2 Å². The van der Waals surface area contributed by atoms with Crippen LogP contribution in [0.5, 0.6) is 0 Å². The van der Waals surface area contributed by atoms with E-state index in [1.807, 2.05) is 14.0 Å². The van der Waals surface area contributed by atoms with Crippen LogP contribution < -0.4 is 0 Å². The molecule has 0 N–H and O–H groups in total. The van der Waals surface area contributed by atoms with Crippen molar-refractivity contribution in [3.05, 3.63) is 0 Å². The molecule has 1 amide bonds. The third-order valence-corrected chi connectivity index (χ3v) is 2.40. The molecule has 0 aromatic rings. The molecule has 0 aliphatic carbocycles. The fourth-order valence-corrected chi connectivity index (χ4v) is 1.53. The Kier molecular flexibility index (Phi) is 5.45. The maximum atomic E-state index is 11.5. The van der Waals surface area contributed by atoms with Gasteiger partial charge in [-0.3, -0.25) is 4.79 Å². The van der Waals surface area contributed by atoms with Crippen LogP contribution in [-0.2, 0) is 4.79 Å². The van der Waals surface area contributed by atoms with Crippen molar-refractivity contribution >= 4 is 18.5 Å². The van der Waals surface area contributed by atoms with E-state index < -0.39 is 0 Å². The second-order valence-corrected chi connectivity index (χ2v) is 4.88. The summed E-state index contributed by atoms with van der Waals surface area (Å²) in [6.07, 6.45) is 1.04. The molecule has 2 unspecified atom stereocenters. The number of amides is 1. The fourth-order valence-electron chi connectivity index (χ4n) is 1.35. The van der Waals surface area contributed by atoms with Gasteiger partial charge in [0.1, 0.15) is 0 Å². The molecule has 0 fully saturated rings. The van der Waals surface area contributed by atoms with Crippen molar-refractivity contribution in [2.75, 3.05) is 7.05 Å². The van der Waals surface area contributed by atoms with Crippen LogP contribution in [-0.4, -0.2) is 29.1 Å². The molecule has 78 valence electrons. The summed E-state index contributed by atoms with van der Waals surface area (Å²) in [6, 6.07) is 0.307. The highest BCUT2D eigenvalue weighted by molar-refractivity contribution is 7.81. The largest absolute Gasteiger partial charge is 0.342 e. The van der Waals surface area contributed by atoms with Crippen molar-refractivity contribution in [2.45, 2.75) is 45.4 Å². The van der Waals surface area contributed by atoms with Gasteiger partial charge >= 0.3 is 0 Å². The lowest BCUT2D eigenvalue weighted by atomic mass is 10.0. The zero-order valence-electron chi connectivity index (χ0n) is 9.24. The summed E-state index contributed by atoms with van der Waals surface area (Å²) >= 11 is 4.13. The minimum atomic E-state index is -0.195. The highest BCUT2D eigenvalue weighted by Crippen LogP contribution is 2.11. The van der Waals surface area contributed by atoms with Gasteiger partial charge in [-0.15, -0.1) is 0 Å². The average molecular weight is 203 g/mol. The van der Waals surface area contributed by atoms with Crippen molar-refractivity contribution in [2.24, 2.45) is 5.92 Å². The van der Waals surface area contributed by atoms with E-state index in [-0.39, 0.29) is 11.2 Å². The van der Waals surface area contributed by atoms with E-state index in [0.29, 0.717) is 12.0 Å². The summed E-state index contributed by atoms with van der Waals surface area (Å²) in [5.74, 6) is 0.733. The molecule has 0 aliphatic heterocycles. The van der Waals surface area contributed by atoms with Crippen LogP contribution in [0.1, 0.15) is 34.1 Å². The molecule has 2 atom stereocenters. The van der Waals surface area contributed by atoms with Crippen molar-refractivity contribution < 1.29 is 4.79 Å². The van der Waals surface area contributed by atoms with E-state index in [4.69, 9.17) is 0 Å². The zero-order valence-corrected chi connectivity index (χ0v) is 10.1. The van der Waals surface area contributed by atoms with E-state index in [0.717, 1.165) is 6.42 Å². The number of hydrogen-bond donors (Lipinski definition) is 1. The number of rotatable bonds is 4. The Morgan fingerprint density at radius 3 is 2.08 bits per heavy atom. The van der Waals surface area contributed by atoms with Crippen molar-refractivity contribution in [1.29, 1.82) is 0 Å². The molecule has 0 aromatic heterocycles. The first-order valence-electron chi connectivity index (χ1n) is 4.81. The highest BCUT2D eigenvalue weighted by Gasteiger charge is 2.19. The van der Waals surface area contributed by atoms with E-state index in [1.165, 1.54) is 0 Å². The molecule has 0 saturated heterocycles. The lowest BCUT2D eigenvalue weighted by molar-refractivity contribution is -0.130. The molecular formula is C10H21NOS. The molecule has 3 heteroatoms. The molecule has 0 heterocycles. The summed E-state index contributed by atoms with van der Waals surface area (Å²) in [7, 11) is 1.85. The van der Waals surface area contributed by atoms with Crippen LogP contribution in [0.15, 0.2) is 0 Å². The topological polar surface area (TPSA) is 20.3 Å². The number of carbonyl (C=O) groups excluding carboxylic acids is 1. The molecule has 0 aromatic carbocycles. The second-order valence-electron chi connectivity index (χ2n) is 4.10. The molecule has 0 spiro atoms. The average Bonchev–Trinajstić information content (AvgIpc) is 2.00. The van der Waals surface area contributed by atoms with Gasteiger partial charge in [0.15, 0.2) is 0 Å². The molecule has 2 nitrogen and oxygen atoms in total. The minimum absolute atomic E-state index is 0.108. The van der Waals surface area contributed by atoms with Gasteiger partial charge < -0.3 is 4.90 Å². The first-order chi connectivity index (χ1) is 5.86. The van der Waals surface area contributed by atoms with Crippen LogP contribution in [0.2, 0.25) is 0 Å². The summed E-state index contributed by atoms with van der Waals surface area (Å²) in [5, 5.41) is -0.195. The van der Waals surface area contributed by atoms with E-state index in [2.05, 4.69) is 33.4 Å². The molecule has 0 saturated carbocycles. The Morgan fingerprint density at radius 2 is 1.77 bits per heavy atom. The van der Waals surface area contributed by atoms with Crippen molar-refractivity contribution in [3.8, 4) is 0 Å². The maximum absolute atomic E-state index is 11.5. The van der Waals surface area contributed by atoms with Crippen LogP contribution in [0.4, 0.5) is 0 Å². The first-order valence-corrected chi connectivity index (χ1v) is 5.32. The molecule has 13 heavy (non-hydrogen) atoms. The quantitative estimate of drug-likeness (QED) is 0.695. The van der Waals surface area contributed by atoms with Crippen LogP contribution >= 0.6 is 12.6 Å². The smallest absolute Gasteiger partial charge is 0.235 e. The SMILES string of the molecule is CC(C)CC(C)N(C)C(=O)C(C)S. The van der Waals surface area contributed by atoms with Crippen LogP contribution in [0, 0.1) is 5.92 Å². The lowest BCUT2D eigenvalue weighted by Crippen LogP contribution is -2.39. The second kappa shape index (κ2) is 5.53. The third kappa shape index (κ3) is 4.55. The number of nitrogens with zero attached hydrogens (tertiary/aromatic N) is 1. The minimum Gasteiger partial charge on any atom is -0.342 e. The van der Waals surface area contributed by atoms with Gasteiger partial charge in [-0.25, -0.2) is 0 Å². The predicted octanol–water partition coefficient (Wildman–Crippen LogP) is 2.20. The Hall–Kier alpha value is -0.180. The Balaban J connectivity index is 4.09. The molecule has 0 radical (unpaired) electrons. The van der Waals surface area contributed by atoms with E-state index in [9.17, 15) is 4.79 Å². The summed E-state index contributed by atoms with van der Waals surface area (Å²) in [6.45, 7) is 8.22. The van der Waals surface area contributed by atoms with Gasteiger partial charge in [-0.2, -0.15) is 12.6 Å². The van der Waals surface area contributed by atoms with Crippen molar-refractivity contribution in [1.82, 2.24) is 4.90 Å². The summed E-state index contributed by atoms with van der Waals surface area (Å²) in [5.41, 5.74) is 0. The predicted molar refractivity (Wildman–Crippen MR) is 60.1 cm³/mol. The monoisotopic (exact) mass is 203 g/mol. The molecule has 0 rings (SSSR count). The van der Waals surface area contributed by atoms with Crippen LogP contribution in [0.25, 0.3) is 0 Å². The molecule has 0 aliphatic rings. The van der Waals surface area contributed by atoms with Crippen molar-refractivity contribution in [3.63, 3.8) is 0 Å². The maximum Gasteiger partial charge on any atom is 0.235 e. The number of carbonyl (C=O) groups is 1. The number of thiol groups is 1. The number of hydrogen-bond acceptors (Lipinski definition) is 2. The highest BCUT2D eigenvalue weighted by atomic mass is 32.1. The van der Waals surface area contributed by atoms with Gasteiger partial charge in [0, 0.05) is 13.1 Å². The van der Waals surface area contributed by atoms with E-state index >= 15 is 0 Å².